The first-order valence-corrected chi connectivity index (χ1v) is 7.14. The number of aromatic nitrogens is 1. The molecule has 0 saturated carbocycles. The normalized spacial score (nSPS) is 14.8. The second-order valence-electron chi connectivity index (χ2n) is 4.68. The fourth-order valence-corrected chi connectivity index (χ4v) is 2.62. The molecule has 0 aliphatic carbocycles. The van der Waals surface area contributed by atoms with Crippen LogP contribution in [-0.4, -0.2) is 4.98 Å². The summed E-state index contributed by atoms with van der Waals surface area (Å²) in [6.07, 6.45) is -2.91. The second kappa shape index (κ2) is 6.13. The van der Waals surface area contributed by atoms with Gasteiger partial charge in [0.2, 0.25) is 0 Å². The molecular formula is C15H12BrF4N. The molecule has 112 valence electrons. The smallest absolute Gasteiger partial charge is 0.261 e. The van der Waals surface area contributed by atoms with Crippen LogP contribution in [0.2, 0.25) is 0 Å². The molecule has 1 aromatic heterocycles. The number of hydrogen-bond acceptors (Lipinski definition) is 1. The molecule has 2 unspecified atom stereocenters. The van der Waals surface area contributed by atoms with Gasteiger partial charge in [-0.3, -0.25) is 4.98 Å². The van der Waals surface area contributed by atoms with Crippen molar-refractivity contribution in [3.05, 3.63) is 65.2 Å². The Kier molecular flexibility index (Phi) is 4.66. The van der Waals surface area contributed by atoms with Gasteiger partial charge in [-0.1, -0.05) is 28.9 Å². The van der Waals surface area contributed by atoms with E-state index in [0.29, 0.717) is 5.69 Å². The van der Waals surface area contributed by atoms with E-state index in [1.807, 2.05) is 0 Å². The Morgan fingerprint density at radius 3 is 2.43 bits per heavy atom. The number of nitrogens with zero attached hydrogens (tertiary/aromatic N) is 1. The number of hydrogen-bond donors (Lipinski definition) is 0. The molecular weight excluding hydrogens is 350 g/mol. The molecule has 0 radical (unpaired) electrons. The molecule has 1 heterocycles. The second-order valence-corrected chi connectivity index (χ2v) is 5.67. The number of alkyl halides is 4. The van der Waals surface area contributed by atoms with Crippen molar-refractivity contribution in [3.8, 4) is 0 Å². The van der Waals surface area contributed by atoms with Gasteiger partial charge in [-0.25, -0.2) is 4.39 Å². The fourth-order valence-electron chi connectivity index (χ4n) is 2.00. The quantitative estimate of drug-likeness (QED) is 0.521. The third kappa shape index (κ3) is 3.61. The lowest BCUT2D eigenvalue weighted by Gasteiger charge is -2.20. The van der Waals surface area contributed by atoms with Crippen LogP contribution in [0.1, 0.15) is 34.5 Å². The first-order chi connectivity index (χ1) is 9.80. The van der Waals surface area contributed by atoms with Crippen molar-refractivity contribution in [2.75, 3.05) is 0 Å². The van der Waals surface area contributed by atoms with Crippen molar-refractivity contribution < 1.29 is 17.6 Å². The van der Waals surface area contributed by atoms with E-state index in [9.17, 15) is 17.6 Å². The van der Waals surface area contributed by atoms with Crippen molar-refractivity contribution in [1.29, 1.82) is 0 Å². The van der Waals surface area contributed by atoms with Gasteiger partial charge in [0.05, 0.1) is 10.4 Å². The molecule has 0 aliphatic heterocycles. The van der Waals surface area contributed by atoms with Crippen molar-refractivity contribution in [2.24, 2.45) is 0 Å². The van der Waals surface area contributed by atoms with Crippen LogP contribution in [0.25, 0.3) is 0 Å². The monoisotopic (exact) mass is 361 g/mol. The summed E-state index contributed by atoms with van der Waals surface area (Å²) in [5.41, 5.74) is -0.212. The van der Waals surface area contributed by atoms with Gasteiger partial charge in [-0.15, -0.1) is 0 Å². The summed E-state index contributed by atoms with van der Waals surface area (Å²) in [5, 5.41) is 0. The fraction of sp³-hybridized carbons (Fsp3) is 0.267. The average molecular weight is 362 g/mol. The maximum absolute atomic E-state index is 13.9. The van der Waals surface area contributed by atoms with E-state index in [1.54, 1.807) is 31.3 Å². The Morgan fingerprint density at radius 2 is 1.86 bits per heavy atom. The minimum atomic E-state index is -4.50. The molecule has 1 aromatic carbocycles. The van der Waals surface area contributed by atoms with Crippen molar-refractivity contribution in [1.82, 2.24) is 4.98 Å². The lowest BCUT2D eigenvalue weighted by molar-refractivity contribution is -0.137. The highest BCUT2D eigenvalue weighted by Gasteiger charge is 2.32. The molecule has 0 saturated heterocycles. The van der Waals surface area contributed by atoms with E-state index in [1.165, 1.54) is 0 Å². The van der Waals surface area contributed by atoms with E-state index in [2.05, 4.69) is 20.9 Å². The zero-order valence-electron chi connectivity index (χ0n) is 11.0. The molecule has 1 nitrogen and oxygen atoms in total. The van der Waals surface area contributed by atoms with Crippen LogP contribution in [0.15, 0.2) is 42.6 Å². The zero-order valence-corrected chi connectivity index (χ0v) is 12.6. The Labute approximate surface area is 128 Å². The summed E-state index contributed by atoms with van der Waals surface area (Å²) < 4.78 is 52.1. The lowest BCUT2D eigenvalue weighted by atomic mass is 9.95. The Morgan fingerprint density at radius 1 is 1.14 bits per heavy atom. The molecule has 0 bridgehead atoms. The van der Waals surface area contributed by atoms with Gasteiger partial charge in [0.25, 0.3) is 0 Å². The molecule has 2 atom stereocenters. The average Bonchev–Trinajstić information content (AvgIpc) is 2.46. The van der Waals surface area contributed by atoms with Crippen LogP contribution in [-0.2, 0) is 6.18 Å². The summed E-state index contributed by atoms with van der Waals surface area (Å²) in [5.74, 6) is -0.947. The lowest BCUT2D eigenvalue weighted by Crippen LogP contribution is -2.10. The van der Waals surface area contributed by atoms with Gasteiger partial charge in [0.15, 0.2) is 0 Å². The van der Waals surface area contributed by atoms with Gasteiger partial charge >= 0.3 is 6.18 Å². The Balaban J connectivity index is 2.37. The van der Waals surface area contributed by atoms with Crippen LogP contribution in [0.4, 0.5) is 17.6 Å². The molecule has 0 spiro atoms. The SMILES string of the molecule is CC(c1ccccn1)C(Br)c1cc(C(F)(F)F)ccc1F. The third-order valence-electron chi connectivity index (χ3n) is 3.21. The minimum absolute atomic E-state index is 0.0250. The van der Waals surface area contributed by atoms with E-state index in [4.69, 9.17) is 0 Å². The molecule has 2 rings (SSSR count). The molecule has 0 N–H and O–H groups in total. The highest BCUT2D eigenvalue weighted by Crippen LogP contribution is 2.40. The first kappa shape index (κ1) is 15.9. The van der Waals surface area contributed by atoms with Crippen LogP contribution >= 0.6 is 15.9 Å². The summed E-state index contributed by atoms with van der Waals surface area (Å²) in [6, 6.07) is 7.70. The molecule has 21 heavy (non-hydrogen) atoms. The molecule has 0 amide bonds. The van der Waals surface area contributed by atoms with Crippen LogP contribution < -0.4 is 0 Å². The zero-order chi connectivity index (χ0) is 15.6. The van der Waals surface area contributed by atoms with Crippen molar-refractivity contribution >= 4 is 15.9 Å². The van der Waals surface area contributed by atoms with Gasteiger partial charge in [-0.05, 0) is 30.3 Å². The Hall–Kier alpha value is -1.43. The maximum atomic E-state index is 13.9. The highest BCUT2D eigenvalue weighted by atomic mass is 79.9. The van der Waals surface area contributed by atoms with Crippen molar-refractivity contribution in [3.63, 3.8) is 0 Å². The van der Waals surface area contributed by atoms with E-state index < -0.39 is 22.4 Å². The number of halogens is 5. The number of pyridine rings is 1. The van der Waals surface area contributed by atoms with E-state index in [0.717, 1.165) is 18.2 Å². The number of benzene rings is 1. The molecule has 0 aliphatic rings. The van der Waals surface area contributed by atoms with Crippen LogP contribution in [0, 0.1) is 5.82 Å². The van der Waals surface area contributed by atoms with Crippen LogP contribution in [0.5, 0.6) is 0 Å². The van der Waals surface area contributed by atoms with Gasteiger partial charge in [-0.2, -0.15) is 13.2 Å². The maximum Gasteiger partial charge on any atom is 0.416 e. The van der Waals surface area contributed by atoms with Gasteiger partial charge < -0.3 is 0 Å². The summed E-state index contributed by atoms with van der Waals surface area (Å²) in [4.78, 5) is 3.55. The molecule has 0 fully saturated rings. The predicted octanol–water partition coefficient (Wildman–Crippen LogP) is 5.48. The topological polar surface area (TPSA) is 12.9 Å². The molecule has 6 heteroatoms. The number of rotatable bonds is 3. The van der Waals surface area contributed by atoms with E-state index >= 15 is 0 Å². The first-order valence-electron chi connectivity index (χ1n) is 6.22. The van der Waals surface area contributed by atoms with E-state index in [-0.39, 0.29) is 11.5 Å². The van der Waals surface area contributed by atoms with Crippen molar-refractivity contribution in [2.45, 2.75) is 23.8 Å². The predicted molar refractivity (Wildman–Crippen MR) is 75.7 cm³/mol. The highest BCUT2D eigenvalue weighted by molar-refractivity contribution is 9.09. The summed E-state index contributed by atoms with van der Waals surface area (Å²) in [6.45, 7) is 1.78. The standard InChI is InChI=1S/C15H12BrF4N/c1-9(13-4-2-3-7-21-13)14(16)11-8-10(15(18,19)20)5-6-12(11)17/h2-9,14H,1H3. The van der Waals surface area contributed by atoms with Gasteiger partial charge in [0, 0.05) is 23.4 Å². The Bertz CT molecular complexity index is 613. The van der Waals surface area contributed by atoms with Gasteiger partial charge in [0.1, 0.15) is 5.82 Å². The largest absolute Gasteiger partial charge is 0.416 e. The minimum Gasteiger partial charge on any atom is -0.261 e. The van der Waals surface area contributed by atoms with Crippen LogP contribution in [0.3, 0.4) is 0 Å². The summed E-state index contributed by atoms with van der Waals surface area (Å²) in [7, 11) is 0. The summed E-state index contributed by atoms with van der Waals surface area (Å²) >= 11 is 3.29. The molecule has 2 aromatic rings. The third-order valence-corrected chi connectivity index (χ3v) is 4.50.